The molecule has 0 bridgehead atoms. The molecule has 0 radical (unpaired) electrons. The topological polar surface area (TPSA) is 28.7 Å². The van der Waals surface area contributed by atoms with E-state index >= 15 is 0 Å². The molecule has 1 aromatic heterocycles. The molecule has 108 valence electrons. The highest BCUT2D eigenvalue weighted by molar-refractivity contribution is 5.74. The summed E-state index contributed by atoms with van der Waals surface area (Å²) in [6.07, 6.45) is 11.0. The van der Waals surface area contributed by atoms with Gasteiger partial charge in [0.25, 0.3) is 0 Å². The van der Waals surface area contributed by atoms with Crippen molar-refractivity contribution in [2.24, 2.45) is 5.92 Å². The first-order valence-electron chi connectivity index (χ1n) is 8.31. The second-order valence-electron chi connectivity index (χ2n) is 6.35. The summed E-state index contributed by atoms with van der Waals surface area (Å²) in [4.78, 5) is 8.30. The van der Waals surface area contributed by atoms with Gasteiger partial charge in [0.15, 0.2) is 0 Å². The highest BCUT2D eigenvalue weighted by atomic mass is 14.9. The van der Waals surface area contributed by atoms with Crippen LogP contribution in [0.1, 0.15) is 70.0 Å². The Hall–Kier alpha value is -1.31. The fourth-order valence-corrected chi connectivity index (χ4v) is 3.57. The van der Waals surface area contributed by atoms with E-state index in [0.29, 0.717) is 5.92 Å². The third-order valence-corrected chi connectivity index (χ3v) is 4.86. The van der Waals surface area contributed by atoms with Crippen LogP contribution in [0, 0.1) is 5.92 Å². The maximum atomic E-state index is 4.78. The maximum Gasteiger partial charge on any atom is 0.110 e. The van der Waals surface area contributed by atoms with E-state index in [0.717, 1.165) is 11.4 Å². The lowest BCUT2D eigenvalue weighted by Crippen LogP contribution is -2.14. The fraction of sp³-hybridized carbons (Fsp3) is 0.611. The molecule has 0 amide bonds. The second kappa shape index (κ2) is 6.43. The van der Waals surface area contributed by atoms with Gasteiger partial charge in [-0.2, -0.15) is 0 Å². The zero-order valence-corrected chi connectivity index (χ0v) is 12.6. The number of unbranched alkanes of at least 4 members (excludes halogenated alkanes) is 2. The largest absolute Gasteiger partial charge is 0.342 e. The summed E-state index contributed by atoms with van der Waals surface area (Å²) >= 11 is 0. The molecule has 0 atom stereocenters. The summed E-state index contributed by atoms with van der Waals surface area (Å²) in [6, 6.07) is 8.38. The maximum absolute atomic E-state index is 4.78. The molecule has 2 aromatic rings. The highest BCUT2D eigenvalue weighted by Gasteiger charge is 2.24. The Balaban J connectivity index is 1.57. The van der Waals surface area contributed by atoms with Crippen LogP contribution in [0.5, 0.6) is 0 Å². The molecule has 1 aliphatic carbocycles. The van der Waals surface area contributed by atoms with E-state index in [1.165, 1.54) is 62.7 Å². The smallest absolute Gasteiger partial charge is 0.110 e. The van der Waals surface area contributed by atoms with E-state index in [1.54, 1.807) is 0 Å². The number of imidazole rings is 1. The van der Waals surface area contributed by atoms with Crippen LogP contribution in [0.2, 0.25) is 0 Å². The van der Waals surface area contributed by atoms with Gasteiger partial charge >= 0.3 is 0 Å². The lowest BCUT2D eigenvalue weighted by atomic mass is 9.79. The standard InChI is InChI=1S/C18H26N2/c1-2-3-4-7-14-10-12-15(13-11-14)18-19-16-8-5-6-9-17(16)20-18/h5-6,8-9,14-15H,2-4,7,10-13H2,1H3,(H,19,20). The van der Waals surface area contributed by atoms with Crippen LogP contribution >= 0.6 is 0 Å². The summed E-state index contributed by atoms with van der Waals surface area (Å²) in [5.74, 6) is 2.85. The van der Waals surface area contributed by atoms with Gasteiger partial charge in [0.1, 0.15) is 5.82 Å². The third-order valence-electron chi connectivity index (χ3n) is 4.86. The van der Waals surface area contributed by atoms with E-state index in [1.807, 2.05) is 0 Å². The van der Waals surface area contributed by atoms with Crippen LogP contribution in [0.25, 0.3) is 11.0 Å². The van der Waals surface area contributed by atoms with Crippen molar-refractivity contribution in [3.8, 4) is 0 Å². The SMILES string of the molecule is CCCCCC1CCC(c2nc3ccccc3[nH]2)CC1. The number of rotatable bonds is 5. The Labute approximate surface area is 122 Å². The van der Waals surface area contributed by atoms with Crippen molar-refractivity contribution >= 4 is 11.0 Å². The van der Waals surface area contributed by atoms with Crippen molar-refractivity contribution < 1.29 is 0 Å². The molecule has 3 rings (SSSR count). The first kappa shape index (κ1) is 13.7. The summed E-state index contributed by atoms with van der Waals surface area (Å²) in [5, 5.41) is 0. The third kappa shape index (κ3) is 3.05. The Morgan fingerprint density at radius 3 is 2.65 bits per heavy atom. The Kier molecular flexibility index (Phi) is 4.39. The van der Waals surface area contributed by atoms with Crippen LogP contribution < -0.4 is 0 Å². The number of hydrogen-bond acceptors (Lipinski definition) is 1. The van der Waals surface area contributed by atoms with Gasteiger partial charge < -0.3 is 4.98 Å². The molecule has 2 heteroatoms. The lowest BCUT2D eigenvalue weighted by molar-refractivity contribution is 0.298. The van der Waals surface area contributed by atoms with Crippen LogP contribution in [0.3, 0.4) is 0 Å². The highest BCUT2D eigenvalue weighted by Crippen LogP contribution is 2.37. The molecule has 1 aromatic carbocycles. The monoisotopic (exact) mass is 270 g/mol. The number of hydrogen-bond donors (Lipinski definition) is 1. The second-order valence-corrected chi connectivity index (χ2v) is 6.35. The fourth-order valence-electron chi connectivity index (χ4n) is 3.57. The molecule has 0 saturated heterocycles. The van der Waals surface area contributed by atoms with E-state index in [9.17, 15) is 0 Å². The normalized spacial score (nSPS) is 23.2. The van der Waals surface area contributed by atoms with Gasteiger partial charge in [0, 0.05) is 5.92 Å². The number of para-hydroxylation sites is 2. The first-order chi connectivity index (χ1) is 9.86. The molecular formula is C18H26N2. The molecule has 0 aliphatic heterocycles. The quantitative estimate of drug-likeness (QED) is 0.722. The van der Waals surface area contributed by atoms with E-state index < -0.39 is 0 Å². The summed E-state index contributed by atoms with van der Waals surface area (Å²) in [7, 11) is 0. The Morgan fingerprint density at radius 1 is 1.10 bits per heavy atom. The molecule has 0 spiro atoms. The Bertz CT molecular complexity index is 502. The molecule has 1 saturated carbocycles. The van der Waals surface area contributed by atoms with Crippen molar-refractivity contribution in [2.45, 2.75) is 64.2 Å². The number of benzene rings is 1. The molecule has 1 heterocycles. The van der Waals surface area contributed by atoms with Crippen LogP contribution in [0.4, 0.5) is 0 Å². The van der Waals surface area contributed by atoms with E-state index in [2.05, 4.69) is 36.2 Å². The molecule has 2 nitrogen and oxygen atoms in total. The lowest BCUT2D eigenvalue weighted by Gasteiger charge is -2.27. The number of aromatic nitrogens is 2. The van der Waals surface area contributed by atoms with Gasteiger partial charge in [-0.3, -0.25) is 0 Å². The van der Waals surface area contributed by atoms with Gasteiger partial charge in [-0.15, -0.1) is 0 Å². The van der Waals surface area contributed by atoms with E-state index in [-0.39, 0.29) is 0 Å². The predicted molar refractivity (Wildman–Crippen MR) is 84.9 cm³/mol. The molecule has 1 aliphatic rings. The van der Waals surface area contributed by atoms with Crippen molar-refractivity contribution in [2.75, 3.05) is 0 Å². The minimum absolute atomic E-state index is 0.657. The summed E-state index contributed by atoms with van der Waals surface area (Å²) in [5.41, 5.74) is 2.31. The van der Waals surface area contributed by atoms with Gasteiger partial charge in [-0.05, 0) is 43.7 Å². The van der Waals surface area contributed by atoms with Crippen molar-refractivity contribution in [3.63, 3.8) is 0 Å². The molecule has 0 unspecified atom stereocenters. The van der Waals surface area contributed by atoms with Gasteiger partial charge in [0.05, 0.1) is 11.0 Å². The van der Waals surface area contributed by atoms with Crippen LogP contribution in [-0.2, 0) is 0 Å². The number of aromatic amines is 1. The zero-order chi connectivity index (χ0) is 13.8. The minimum Gasteiger partial charge on any atom is -0.342 e. The van der Waals surface area contributed by atoms with Crippen molar-refractivity contribution in [1.82, 2.24) is 9.97 Å². The molecule has 1 N–H and O–H groups in total. The van der Waals surface area contributed by atoms with Crippen molar-refractivity contribution in [1.29, 1.82) is 0 Å². The average Bonchev–Trinajstić information content (AvgIpc) is 2.92. The van der Waals surface area contributed by atoms with Crippen LogP contribution in [-0.4, -0.2) is 9.97 Å². The predicted octanol–water partition coefficient (Wildman–Crippen LogP) is 5.42. The van der Waals surface area contributed by atoms with E-state index in [4.69, 9.17) is 4.98 Å². The first-order valence-corrected chi connectivity index (χ1v) is 8.31. The average molecular weight is 270 g/mol. The summed E-state index contributed by atoms with van der Waals surface area (Å²) in [6.45, 7) is 2.29. The number of nitrogens with one attached hydrogen (secondary N) is 1. The van der Waals surface area contributed by atoms with Gasteiger partial charge in [0.2, 0.25) is 0 Å². The molecule has 20 heavy (non-hydrogen) atoms. The molecule has 1 fully saturated rings. The van der Waals surface area contributed by atoms with Crippen LogP contribution in [0.15, 0.2) is 24.3 Å². The number of H-pyrrole nitrogens is 1. The number of nitrogens with zero attached hydrogens (tertiary/aromatic N) is 1. The van der Waals surface area contributed by atoms with Gasteiger partial charge in [-0.1, -0.05) is 44.7 Å². The Morgan fingerprint density at radius 2 is 1.90 bits per heavy atom. The molecular weight excluding hydrogens is 244 g/mol. The van der Waals surface area contributed by atoms with Gasteiger partial charge in [-0.25, -0.2) is 4.98 Å². The summed E-state index contributed by atoms with van der Waals surface area (Å²) < 4.78 is 0. The zero-order valence-electron chi connectivity index (χ0n) is 12.6. The minimum atomic E-state index is 0.657. The number of fused-ring (bicyclic) bond motifs is 1. The van der Waals surface area contributed by atoms with Crippen molar-refractivity contribution in [3.05, 3.63) is 30.1 Å².